The first kappa shape index (κ1) is 25.1. The molecule has 4 nitrogen and oxygen atoms in total. The molecule has 0 unspecified atom stereocenters. The molecule has 0 heterocycles. The highest BCUT2D eigenvalue weighted by atomic mass is 16.5. The molecular weight excluding hydrogens is 400 g/mol. The third-order valence-corrected chi connectivity index (χ3v) is 8.10. The van der Waals surface area contributed by atoms with E-state index in [1.807, 2.05) is 12.2 Å². The van der Waals surface area contributed by atoms with Crippen LogP contribution in [0.1, 0.15) is 92.9 Å². The fourth-order valence-electron chi connectivity index (χ4n) is 5.89. The number of carbonyl (C=O) groups is 2. The molecule has 0 aromatic carbocycles. The van der Waals surface area contributed by atoms with Crippen molar-refractivity contribution < 1.29 is 19.1 Å². The Labute approximate surface area is 195 Å². The summed E-state index contributed by atoms with van der Waals surface area (Å²) in [5, 5.41) is 0. The van der Waals surface area contributed by atoms with Crippen LogP contribution in [0.15, 0.2) is 23.3 Å². The zero-order valence-corrected chi connectivity index (χ0v) is 21.1. The third-order valence-electron chi connectivity index (χ3n) is 8.10. The highest BCUT2D eigenvalue weighted by Gasteiger charge is 2.35. The van der Waals surface area contributed by atoms with Crippen molar-refractivity contribution in [3.63, 3.8) is 0 Å². The van der Waals surface area contributed by atoms with Gasteiger partial charge in [0.2, 0.25) is 0 Å². The minimum absolute atomic E-state index is 0.00347. The molecule has 6 atom stereocenters. The van der Waals surface area contributed by atoms with Crippen molar-refractivity contribution in [2.45, 2.75) is 105 Å². The Hall–Kier alpha value is -1.58. The first-order chi connectivity index (χ1) is 15.2. The summed E-state index contributed by atoms with van der Waals surface area (Å²) in [6, 6.07) is 0. The molecule has 0 amide bonds. The zero-order chi connectivity index (χ0) is 23.4. The van der Waals surface area contributed by atoms with E-state index in [0.717, 1.165) is 25.7 Å². The quantitative estimate of drug-likeness (QED) is 0.431. The SMILES string of the molecule is CC(C)[C@H]1CC[C@@H](C)C[C@H]1OC(=O)C1=CCC(C(=O)O[C@@H]2C[C@@H](C)CC[C@H]2C(C)C)=CC1. The predicted molar refractivity (Wildman–Crippen MR) is 128 cm³/mol. The summed E-state index contributed by atoms with van der Waals surface area (Å²) >= 11 is 0. The summed E-state index contributed by atoms with van der Waals surface area (Å²) < 4.78 is 12.0. The molecule has 0 radical (unpaired) electrons. The number of ether oxygens (including phenoxy) is 2. The Kier molecular flexibility index (Phi) is 8.63. The molecule has 3 aliphatic carbocycles. The number of hydrogen-bond donors (Lipinski definition) is 0. The van der Waals surface area contributed by atoms with Crippen LogP contribution in [-0.4, -0.2) is 24.1 Å². The first-order valence-electron chi connectivity index (χ1n) is 13.0. The van der Waals surface area contributed by atoms with Gasteiger partial charge in [0.1, 0.15) is 12.2 Å². The van der Waals surface area contributed by atoms with Crippen molar-refractivity contribution in [3.05, 3.63) is 23.3 Å². The van der Waals surface area contributed by atoms with Crippen molar-refractivity contribution in [2.75, 3.05) is 0 Å². The van der Waals surface area contributed by atoms with Crippen molar-refractivity contribution in [3.8, 4) is 0 Å². The monoisotopic (exact) mass is 444 g/mol. The predicted octanol–water partition coefficient (Wildman–Crippen LogP) is 6.64. The van der Waals surface area contributed by atoms with E-state index in [2.05, 4.69) is 41.5 Å². The second-order valence-electron chi connectivity index (χ2n) is 11.4. The van der Waals surface area contributed by atoms with Gasteiger partial charge in [-0.2, -0.15) is 0 Å². The number of rotatable bonds is 6. The van der Waals surface area contributed by atoms with Crippen LogP contribution in [0.4, 0.5) is 0 Å². The molecule has 0 N–H and O–H groups in total. The van der Waals surface area contributed by atoms with E-state index >= 15 is 0 Å². The molecule has 3 aliphatic rings. The summed E-state index contributed by atoms with van der Waals surface area (Å²) in [5.74, 6) is 2.68. The molecule has 2 saturated carbocycles. The average Bonchev–Trinajstić information content (AvgIpc) is 2.73. The van der Waals surface area contributed by atoms with Gasteiger partial charge in [-0.3, -0.25) is 0 Å². The minimum Gasteiger partial charge on any atom is -0.459 e. The van der Waals surface area contributed by atoms with E-state index < -0.39 is 0 Å². The highest BCUT2D eigenvalue weighted by Crippen LogP contribution is 2.37. The number of carbonyl (C=O) groups excluding carboxylic acids is 2. The summed E-state index contributed by atoms with van der Waals surface area (Å²) in [6.45, 7) is 13.4. The lowest BCUT2D eigenvalue weighted by Crippen LogP contribution is -2.36. The maximum absolute atomic E-state index is 12.9. The van der Waals surface area contributed by atoms with Gasteiger partial charge in [-0.25, -0.2) is 9.59 Å². The van der Waals surface area contributed by atoms with Crippen LogP contribution >= 0.6 is 0 Å². The fraction of sp³-hybridized carbons (Fsp3) is 0.786. The Balaban J connectivity index is 1.55. The Morgan fingerprint density at radius 3 is 1.41 bits per heavy atom. The molecule has 0 saturated heterocycles. The van der Waals surface area contributed by atoms with Crippen LogP contribution in [0.25, 0.3) is 0 Å². The van der Waals surface area contributed by atoms with Crippen LogP contribution in [0.5, 0.6) is 0 Å². The van der Waals surface area contributed by atoms with Crippen LogP contribution in [0.3, 0.4) is 0 Å². The van der Waals surface area contributed by atoms with E-state index in [0.29, 0.717) is 59.5 Å². The van der Waals surface area contributed by atoms with Crippen LogP contribution in [0, 0.1) is 35.5 Å². The third kappa shape index (κ3) is 6.26. The van der Waals surface area contributed by atoms with Gasteiger partial charge in [0, 0.05) is 11.1 Å². The average molecular weight is 445 g/mol. The normalized spacial score (nSPS) is 33.5. The van der Waals surface area contributed by atoms with Crippen molar-refractivity contribution >= 4 is 11.9 Å². The van der Waals surface area contributed by atoms with Crippen LogP contribution in [-0.2, 0) is 19.1 Å². The largest absolute Gasteiger partial charge is 0.459 e. The van der Waals surface area contributed by atoms with Crippen LogP contribution in [0.2, 0.25) is 0 Å². The second kappa shape index (κ2) is 11.0. The molecule has 0 aromatic heterocycles. The molecule has 2 fully saturated rings. The summed E-state index contributed by atoms with van der Waals surface area (Å²) in [7, 11) is 0. The Bertz CT molecular complexity index is 670. The Morgan fingerprint density at radius 2 is 1.09 bits per heavy atom. The standard InChI is InChI=1S/C28H44O4/c1-17(2)23-13-7-19(5)15-25(23)31-27(29)21-9-11-22(12-10-21)28(30)32-26-16-20(6)8-14-24(26)18(3)4/h9,12,17-20,23-26H,7-8,10-11,13-16H2,1-6H3/t19-,20+,23-,24+,25-,26-/m1/s1. The lowest BCUT2D eigenvalue weighted by atomic mass is 9.75. The fourth-order valence-corrected chi connectivity index (χ4v) is 5.89. The molecule has 180 valence electrons. The molecule has 0 bridgehead atoms. The Morgan fingerprint density at radius 1 is 0.719 bits per heavy atom. The number of allylic oxidation sites excluding steroid dienone is 2. The number of hydrogen-bond acceptors (Lipinski definition) is 4. The van der Waals surface area contributed by atoms with Gasteiger partial charge in [-0.05, 0) is 74.0 Å². The van der Waals surface area contributed by atoms with E-state index in [1.165, 1.54) is 12.8 Å². The molecular formula is C28H44O4. The van der Waals surface area contributed by atoms with Crippen molar-refractivity contribution in [2.24, 2.45) is 35.5 Å². The first-order valence-corrected chi connectivity index (χ1v) is 13.0. The molecule has 0 spiro atoms. The summed E-state index contributed by atoms with van der Waals surface area (Å²) in [5.41, 5.74) is 1.35. The van der Waals surface area contributed by atoms with E-state index in [4.69, 9.17) is 9.47 Å². The van der Waals surface area contributed by atoms with E-state index in [1.54, 1.807) is 0 Å². The van der Waals surface area contributed by atoms with Crippen molar-refractivity contribution in [1.82, 2.24) is 0 Å². The number of esters is 2. The minimum atomic E-state index is -0.209. The van der Waals surface area contributed by atoms with Gasteiger partial charge in [-0.15, -0.1) is 0 Å². The van der Waals surface area contributed by atoms with E-state index in [9.17, 15) is 9.59 Å². The van der Waals surface area contributed by atoms with Gasteiger partial charge in [0.05, 0.1) is 0 Å². The van der Waals surface area contributed by atoms with E-state index in [-0.39, 0.29) is 24.1 Å². The summed E-state index contributed by atoms with van der Waals surface area (Å²) in [6.07, 6.45) is 11.2. The molecule has 0 aromatic rings. The summed E-state index contributed by atoms with van der Waals surface area (Å²) in [4.78, 5) is 25.7. The highest BCUT2D eigenvalue weighted by molar-refractivity contribution is 5.93. The lowest BCUT2D eigenvalue weighted by Gasteiger charge is -2.37. The maximum Gasteiger partial charge on any atom is 0.334 e. The van der Waals surface area contributed by atoms with Gasteiger partial charge in [0.25, 0.3) is 0 Å². The topological polar surface area (TPSA) is 52.6 Å². The van der Waals surface area contributed by atoms with Gasteiger partial charge < -0.3 is 9.47 Å². The molecule has 3 rings (SSSR count). The zero-order valence-electron chi connectivity index (χ0n) is 21.1. The van der Waals surface area contributed by atoms with Gasteiger partial charge in [-0.1, -0.05) is 66.5 Å². The maximum atomic E-state index is 12.9. The lowest BCUT2D eigenvalue weighted by molar-refractivity contribution is -0.152. The molecule has 0 aliphatic heterocycles. The molecule has 4 heteroatoms. The van der Waals surface area contributed by atoms with Gasteiger partial charge >= 0.3 is 11.9 Å². The van der Waals surface area contributed by atoms with Crippen LogP contribution < -0.4 is 0 Å². The molecule has 32 heavy (non-hydrogen) atoms. The van der Waals surface area contributed by atoms with Gasteiger partial charge in [0.15, 0.2) is 0 Å². The second-order valence-corrected chi connectivity index (χ2v) is 11.4. The smallest absolute Gasteiger partial charge is 0.334 e. The van der Waals surface area contributed by atoms with Crippen molar-refractivity contribution in [1.29, 1.82) is 0 Å².